The minimum atomic E-state index is -0.222. The number of rotatable bonds is 6. The van der Waals surface area contributed by atoms with Gasteiger partial charge in [0.05, 0.1) is 0 Å². The molecule has 3 aromatic rings. The van der Waals surface area contributed by atoms with Gasteiger partial charge in [0.1, 0.15) is 17.3 Å². The molecule has 0 aliphatic carbocycles. The second-order valence-electron chi connectivity index (χ2n) is 6.07. The van der Waals surface area contributed by atoms with Crippen molar-refractivity contribution in [3.8, 4) is 0 Å². The summed E-state index contributed by atoms with van der Waals surface area (Å²) in [5, 5.41) is 6.10. The van der Waals surface area contributed by atoms with Crippen LogP contribution in [0.3, 0.4) is 0 Å². The van der Waals surface area contributed by atoms with Crippen LogP contribution in [0.5, 0.6) is 0 Å². The van der Waals surface area contributed by atoms with E-state index in [2.05, 4.69) is 25.6 Å². The van der Waals surface area contributed by atoms with E-state index in [9.17, 15) is 4.79 Å². The van der Waals surface area contributed by atoms with E-state index in [1.807, 2.05) is 43.3 Å². The van der Waals surface area contributed by atoms with E-state index in [4.69, 9.17) is 0 Å². The van der Waals surface area contributed by atoms with Crippen LogP contribution in [0.15, 0.2) is 54.9 Å². The summed E-state index contributed by atoms with van der Waals surface area (Å²) >= 11 is 0. The van der Waals surface area contributed by atoms with E-state index < -0.39 is 0 Å². The number of aryl methyl sites for hydroxylation is 2. The molecule has 3 rings (SSSR count). The lowest BCUT2D eigenvalue weighted by Gasteiger charge is -2.09. The molecule has 0 saturated heterocycles. The van der Waals surface area contributed by atoms with Gasteiger partial charge in [-0.2, -0.15) is 0 Å². The third kappa shape index (κ3) is 4.86. The van der Waals surface area contributed by atoms with Crippen LogP contribution < -0.4 is 10.6 Å². The fourth-order valence-electron chi connectivity index (χ4n) is 2.45. The second-order valence-corrected chi connectivity index (χ2v) is 6.07. The SMILES string of the molecule is Cc1ccc(CNC(=O)c2cc(NCc3cccnc3)nc(C)n2)cc1. The Morgan fingerprint density at radius 2 is 1.81 bits per heavy atom. The van der Waals surface area contributed by atoms with Crippen LogP contribution in [0.25, 0.3) is 0 Å². The highest BCUT2D eigenvalue weighted by Gasteiger charge is 2.10. The Bertz CT molecular complexity index is 878. The number of anilines is 1. The van der Waals surface area contributed by atoms with Crippen LogP contribution in [0.2, 0.25) is 0 Å². The summed E-state index contributed by atoms with van der Waals surface area (Å²) in [6.07, 6.45) is 3.52. The van der Waals surface area contributed by atoms with Crippen molar-refractivity contribution < 1.29 is 4.79 Å². The van der Waals surface area contributed by atoms with Crippen LogP contribution in [0, 0.1) is 13.8 Å². The van der Waals surface area contributed by atoms with Gasteiger partial charge in [-0.3, -0.25) is 9.78 Å². The first-order chi connectivity index (χ1) is 12.6. The first-order valence-corrected chi connectivity index (χ1v) is 8.42. The summed E-state index contributed by atoms with van der Waals surface area (Å²) in [6, 6.07) is 13.6. The summed E-state index contributed by atoms with van der Waals surface area (Å²) < 4.78 is 0. The summed E-state index contributed by atoms with van der Waals surface area (Å²) in [6.45, 7) is 4.84. The molecular weight excluding hydrogens is 326 g/mol. The Labute approximate surface area is 152 Å². The second kappa shape index (κ2) is 8.20. The molecule has 0 aliphatic rings. The number of nitrogens with one attached hydrogen (secondary N) is 2. The smallest absolute Gasteiger partial charge is 0.270 e. The van der Waals surface area contributed by atoms with Crippen molar-refractivity contribution in [1.29, 1.82) is 0 Å². The number of nitrogens with zero attached hydrogens (tertiary/aromatic N) is 3. The van der Waals surface area contributed by atoms with Gasteiger partial charge < -0.3 is 10.6 Å². The highest BCUT2D eigenvalue weighted by molar-refractivity contribution is 5.92. The summed E-state index contributed by atoms with van der Waals surface area (Å²) in [5.41, 5.74) is 3.62. The van der Waals surface area contributed by atoms with Crippen molar-refractivity contribution >= 4 is 11.7 Å². The predicted molar refractivity (Wildman–Crippen MR) is 101 cm³/mol. The number of aromatic nitrogens is 3. The Morgan fingerprint density at radius 3 is 2.54 bits per heavy atom. The molecule has 6 heteroatoms. The fourth-order valence-corrected chi connectivity index (χ4v) is 2.45. The van der Waals surface area contributed by atoms with Crippen molar-refractivity contribution in [2.75, 3.05) is 5.32 Å². The molecule has 6 nitrogen and oxygen atoms in total. The number of benzene rings is 1. The number of pyridine rings is 1. The highest BCUT2D eigenvalue weighted by atomic mass is 16.1. The van der Waals surface area contributed by atoms with E-state index in [0.29, 0.717) is 30.4 Å². The van der Waals surface area contributed by atoms with Crippen LogP contribution in [0.1, 0.15) is 33.0 Å². The molecule has 0 saturated carbocycles. The van der Waals surface area contributed by atoms with Crippen molar-refractivity contribution in [3.05, 3.63) is 83.1 Å². The molecule has 0 unspecified atom stereocenters. The molecule has 132 valence electrons. The molecule has 26 heavy (non-hydrogen) atoms. The average Bonchev–Trinajstić information content (AvgIpc) is 2.66. The maximum absolute atomic E-state index is 12.4. The monoisotopic (exact) mass is 347 g/mol. The van der Waals surface area contributed by atoms with E-state index in [-0.39, 0.29) is 5.91 Å². The summed E-state index contributed by atoms with van der Waals surface area (Å²) in [4.78, 5) is 25.1. The van der Waals surface area contributed by atoms with Crippen molar-refractivity contribution in [3.63, 3.8) is 0 Å². The lowest BCUT2D eigenvalue weighted by Crippen LogP contribution is -2.24. The van der Waals surface area contributed by atoms with Gasteiger partial charge in [-0.15, -0.1) is 0 Å². The molecule has 2 N–H and O–H groups in total. The van der Waals surface area contributed by atoms with E-state index >= 15 is 0 Å². The van der Waals surface area contributed by atoms with Gasteiger partial charge in [-0.25, -0.2) is 9.97 Å². The lowest BCUT2D eigenvalue weighted by molar-refractivity contribution is 0.0945. The molecule has 0 bridgehead atoms. The Hall–Kier alpha value is -3.28. The van der Waals surface area contributed by atoms with Crippen molar-refractivity contribution in [2.45, 2.75) is 26.9 Å². The Kier molecular flexibility index (Phi) is 5.53. The largest absolute Gasteiger partial charge is 0.366 e. The topological polar surface area (TPSA) is 79.8 Å². The standard InChI is InChI=1S/C20H21N5O/c1-14-5-7-16(8-6-14)12-23-20(26)18-10-19(25-15(2)24-18)22-13-17-4-3-9-21-11-17/h3-11H,12-13H2,1-2H3,(H,23,26)(H,22,24,25). The van der Waals surface area contributed by atoms with Crippen molar-refractivity contribution in [1.82, 2.24) is 20.3 Å². The normalized spacial score (nSPS) is 10.4. The van der Waals surface area contributed by atoms with Gasteiger partial charge in [0.25, 0.3) is 5.91 Å². The first kappa shape index (κ1) is 17.5. The van der Waals surface area contributed by atoms with Crippen LogP contribution in [0.4, 0.5) is 5.82 Å². The molecular formula is C20H21N5O. The average molecular weight is 347 g/mol. The highest BCUT2D eigenvalue weighted by Crippen LogP contribution is 2.09. The maximum Gasteiger partial charge on any atom is 0.270 e. The fraction of sp³-hybridized carbons (Fsp3) is 0.200. The van der Waals surface area contributed by atoms with E-state index in [1.54, 1.807) is 25.4 Å². The zero-order valence-corrected chi connectivity index (χ0v) is 14.9. The van der Waals surface area contributed by atoms with Gasteiger partial charge in [-0.05, 0) is 31.0 Å². The minimum absolute atomic E-state index is 0.222. The van der Waals surface area contributed by atoms with Crippen LogP contribution in [-0.2, 0) is 13.1 Å². The number of carbonyl (C=O) groups excluding carboxylic acids is 1. The summed E-state index contributed by atoms with van der Waals surface area (Å²) in [5.74, 6) is 0.934. The summed E-state index contributed by atoms with van der Waals surface area (Å²) in [7, 11) is 0. The Balaban J connectivity index is 1.64. The zero-order chi connectivity index (χ0) is 18.4. The zero-order valence-electron chi connectivity index (χ0n) is 14.9. The first-order valence-electron chi connectivity index (χ1n) is 8.42. The van der Waals surface area contributed by atoms with Gasteiger partial charge in [0, 0.05) is 31.5 Å². The van der Waals surface area contributed by atoms with Gasteiger partial charge in [0.2, 0.25) is 0 Å². The van der Waals surface area contributed by atoms with E-state index in [1.165, 1.54) is 5.56 Å². The molecule has 0 spiro atoms. The third-order valence-corrected chi connectivity index (χ3v) is 3.84. The number of carbonyl (C=O) groups is 1. The molecule has 2 aromatic heterocycles. The molecule has 0 atom stereocenters. The molecule has 1 amide bonds. The van der Waals surface area contributed by atoms with E-state index in [0.717, 1.165) is 11.1 Å². The molecule has 0 aliphatic heterocycles. The van der Waals surface area contributed by atoms with Crippen LogP contribution >= 0.6 is 0 Å². The number of hydrogen-bond donors (Lipinski definition) is 2. The van der Waals surface area contributed by atoms with Gasteiger partial charge >= 0.3 is 0 Å². The van der Waals surface area contributed by atoms with Crippen LogP contribution in [-0.4, -0.2) is 20.9 Å². The minimum Gasteiger partial charge on any atom is -0.366 e. The molecule has 1 aromatic carbocycles. The van der Waals surface area contributed by atoms with Crippen molar-refractivity contribution in [2.24, 2.45) is 0 Å². The number of hydrogen-bond acceptors (Lipinski definition) is 5. The van der Waals surface area contributed by atoms with Gasteiger partial charge in [0.15, 0.2) is 0 Å². The lowest BCUT2D eigenvalue weighted by atomic mass is 10.1. The number of amides is 1. The molecule has 2 heterocycles. The molecule has 0 fully saturated rings. The Morgan fingerprint density at radius 1 is 1.00 bits per heavy atom. The third-order valence-electron chi connectivity index (χ3n) is 3.84. The molecule has 0 radical (unpaired) electrons. The quantitative estimate of drug-likeness (QED) is 0.716. The predicted octanol–water partition coefficient (Wildman–Crippen LogP) is 3.03. The maximum atomic E-state index is 12.4. The van der Waals surface area contributed by atoms with Gasteiger partial charge in [-0.1, -0.05) is 35.9 Å².